The van der Waals surface area contributed by atoms with Crippen LogP contribution < -0.4 is 5.73 Å². The molecular weight excluding hydrogens is 154 g/mol. The topological polar surface area (TPSA) is 63.3 Å². The lowest BCUT2D eigenvalue weighted by Gasteiger charge is -1.86. The smallest absolute Gasteiger partial charge is 0.307 e. The Morgan fingerprint density at radius 2 is 2.17 bits per heavy atom. The van der Waals surface area contributed by atoms with Crippen LogP contribution in [0.25, 0.3) is 0 Å². The zero-order valence-electron chi connectivity index (χ0n) is 7.75. The van der Waals surface area contributed by atoms with Crippen molar-refractivity contribution in [3.8, 4) is 0 Å². The highest BCUT2D eigenvalue weighted by molar-refractivity contribution is 5.68. The molecule has 0 saturated carbocycles. The molecule has 0 aromatic carbocycles. The van der Waals surface area contributed by atoms with Crippen molar-refractivity contribution in [2.45, 2.75) is 32.6 Å². The van der Waals surface area contributed by atoms with E-state index in [1.807, 2.05) is 0 Å². The van der Waals surface area contributed by atoms with E-state index in [1.54, 1.807) is 0 Å². The van der Waals surface area contributed by atoms with E-state index in [2.05, 4.69) is 13.5 Å². The minimum Gasteiger partial charge on any atom is -0.481 e. The van der Waals surface area contributed by atoms with Crippen LogP contribution in [0, 0.1) is 0 Å². The third-order valence-electron chi connectivity index (χ3n) is 1.13. The average Bonchev–Trinajstić information content (AvgIpc) is 2.02. The van der Waals surface area contributed by atoms with Crippen molar-refractivity contribution < 1.29 is 9.90 Å². The van der Waals surface area contributed by atoms with Crippen LogP contribution in [-0.4, -0.2) is 17.6 Å². The van der Waals surface area contributed by atoms with E-state index in [4.69, 9.17) is 10.8 Å². The van der Waals surface area contributed by atoms with Gasteiger partial charge in [0.25, 0.3) is 0 Å². The lowest BCUT2D eigenvalue weighted by atomic mass is 10.3. The van der Waals surface area contributed by atoms with E-state index in [1.165, 1.54) is 25.3 Å². The van der Waals surface area contributed by atoms with Crippen LogP contribution in [0.1, 0.15) is 32.6 Å². The summed E-state index contributed by atoms with van der Waals surface area (Å²) in [5, 5.41) is 7.84. The number of hydrogen-bond donors (Lipinski definition) is 2. The first-order valence-corrected chi connectivity index (χ1v) is 4.21. The maximum atomic E-state index is 9.53. The molecule has 3 nitrogen and oxygen atoms in total. The second kappa shape index (κ2) is 12.8. The van der Waals surface area contributed by atoms with Crippen molar-refractivity contribution in [1.29, 1.82) is 0 Å². The van der Waals surface area contributed by atoms with Gasteiger partial charge < -0.3 is 10.8 Å². The maximum absolute atomic E-state index is 9.53. The number of carbonyl (C=O) groups is 1. The third kappa shape index (κ3) is 22.9. The normalized spacial score (nSPS) is 8.17. The van der Waals surface area contributed by atoms with Crippen LogP contribution in [0.15, 0.2) is 12.7 Å². The summed E-state index contributed by atoms with van der Waals surface area (Å²) in [6, 6.07) is 0. The van der Waals surface area contributed by atoms with Crippen LogP contribution >= 0.6 is 0 Å². The monoisotopic (exact) mass is 173 g/mol. The van der Waals surface area contributed by atoms with Gasteiger partial charge in [-0.2, -0.15) is 0 Å². The molecule has 3 heteroatoms. The van der Waals surface area contributed by atoms with Crippen LogP contribution in [-0.2, 0) is 4.79 Å². The number of carboxylic acid groups (broad SMARTS) is 1. The summed E-state index contributed by atoms with van der Waals surface area (Å²) in [5.74, 6) is -0.829. The Hall–Kier alpha value is -0.830. The molecule has 0 saturated heterocycles. The van der Waals surface area contributed by atoms with Crippen LogP contribution in [0.2, 0.25) is 0 Å². The first-order chi connectivity index (χ1) is 5.68. The maximum Gasteiger partial charge on any atom is 0.307 e. The highest BCUT2D eigenvalue weighted by Gasteiger charge is 1.84. The first kappa shape index (κ1) is 13.7. The summed E-state index contributed by atoms with van der Waals surface area (Å²) in [6.45, 7) is 6.25. The van der Waals surface area contributed by atoms with Gasteiger partial charge in [0.2, 0.25) is 0 Å². The Bertz CT molecular complexity index is 109. The van der Waals surface area contributed by atoms with Crippen LogP contribution in [0.3, 0.4) is 0 Å². The van der Waals surface area contributed by atoms with Crippen molar-refractivity contribution in [1.82, 2.24) is 0 Å². The lowest BCUT2D eigenvalue weighted by molar-refractivity contribution is -0.135. The van der Waals surface area contributed by atoms with Crippen LogP contribution in [0.5, 0.6) is 0 Å². The zero-order valence-corrected chi connectivity index (χ0v) is 7.75. The van der Waals surface area contributed by atoms with Gasteiger partial charge >= 0.3 is 5.97 Å². The molecule has 0 rings (SSSR count). The molecule has 0 aliphatic heterocycles. The van der Waals surface area contributed by atoms with Gasteiger partial charge in [0.15, 0.2) is 0 Å². The van der Waals surface area contributed by atoms with Crippen molar-refractivity contribution in [3.63, 3.8) is 0 Å². The molecule has 0 radical (unpaired) electrons. The largest absolute Gasteiger partial charge is 0.481 e. The zero-order chi connectivity index (χ0) is 9.82. The second-order valence-corrected chi connectivity index (χ2v) is 2.38. The molecule has 0 spiro atoms. The SMILES string of the molecule is C=CCC(=O)O.CCCCCN. The van der Waals surface area contributed by atoms with E-state index >= 15 is 0 Å². The molecule has 0 fully saturated rings. The summed E-state index contributed by atoms with van der Waals surface area (Å²) in [6.07, 6.45) is 5.16. The van der Waals surface area contributed by atoms with E-state index < -0.39 is 5.97 Å². The fourth-order valence-electron chi connectivity index (χ4n) is 0.518. The van der Waals surface area contributed by atoms with Crippen molar-refractivity contribution in [3.05, 3.63) is 12.7 Å². The van der Waals surface area contributed by atoms with Crippen molar-refractivity contribution in [2.24, 2.45) is 5.73 Å². The molecular formula is C9H19NO2. The summed E-state index contributed by atoms with van der Waals surface area (Å²) < 4.78 is 0. The lowest BCUT2D eigenvalue weighted by Crippen LogP contribution is -1.96. The van der Waals surface area contributed by atoms with Gasteiger partial charge in [-0.3, -0.25) is 4.79 Å². The number of hydrogen-bond acceptors (Lipinski definition) is 2. The highest BCUT2D eigenvalue weighted by atomic mass is 16.4. The molecule has 0 aromatic heterocycles. The van der Waals surface area contributed by atoms with Gasteiger partial charge in [-0.25, -0.2) is 0 Å². The van der Waals surface area contributed by atoms with E-state index in [9.17, 15) is 4.79 Å². The van der Waals surface area contributed by atoms with Gasteiger partial charge in [-0.05, 0) is 13.0 Å². The van der Waals surface area contributed by atoms with Gasteiger partial charge in [-0.1, -0.05) is 25.8 Å². The van der Waals surface area contributed by atoms with E-state index in [0.29, 0.717) is 0 Å². The number of rotatable bonds is 5. The molecule has 0 bridgehead atoms. The predicted octanol–water partition coefficient (Wildman–Crippen LogP) is 1.78. The van der Waals surface area contributed by atoms with Gasteiger partial charge in [0, 0.05) is 0 Å². The predicted molar refractivity (Wildman–Crippen MR) is 51.0 cm³/mol. The second-order valence-electron chi connectivity index (χ2n) is 2.38. The molecule has 12 heavy (non-hydrogen) atoms. The molecule has 3 N–H and O–H groups in total. The molecule has 0 atom stereocenters. The van der Waals surface area contributed by atoms with Crippen molar-refractivity contribution in [2.75, 3.05) is 6.54 Å². The standard InChI is InChI=1S/C5H13N.C4H6O2/c1-2-3-4-5-6;1-2-3-4(5)6/h2-6H2,1H3;2H,1,3H2,(H,5,6). The number of carboxylic acids is 1. The Labute approximate surface area is 74.3 Å². The highest BCUT2D eigenvalue weighted by Crippen LogP contribution is 1.88. The molecule has 0 aliphatic rings. The minimum absolute atomic E-state index is 0.0556. The van der Waals surface area contributed by atoms with Crippen LogP contribution in [0.4, 0.5) is 0 Å². The molecule has 0 amide bonds. The Kier molecular flexibility index (Phi) is 14.7. The Morgan fingerprint density at radius 3 is 2.25 bits per heavy atom. The van der Waals surface area contributed by atoms with E-state index in [0.717, 1.165) is 6.54 Å². The Balaban J connectivity index is 0. The summed E-state index contributed by atoms with van der Waals surface area (Å²) in [5.41, 5.74) is 5.21. The molecule has 0 heterocycles. The first-order valence-electron chi connectivity index (χ1n) is 4.21. The summed E-state index contributed by atoms with van der Waals surface area (Å²) in [4.78, 5) is 9.53. The van der Waals surface area contributed by atoms with Gasteiger partial charge in [0.05, 0.1) is 6.42 Å². The van der Waals surface area contributed by atoms with Gasteiger partial charge in [-0.15, -0.1) is 6.58 Å². The third-order valence-corrected chi connectivity index (χ3v) is 1.13. The fraction of sp³-hybridized carbons (Fsp3) is 0.667. The molecule has 0 aromatic rings. The minimum atomic E-state index is -0.829. The molecule has 0 unspecified atom stereocenters. The number of nitrogens with two attached hydrogens (primary N) is 1. The van der Waals surface area contributed by atoms with Crippen molar-refractivity contribution >= 4 is 5.97 Å². The number of aliphatic carboxylic acids is 1. The Morgan fingerprint density at radius 1 is 1.58 bits per heavy atom. The summed E-state index contributed by atoms with van der Waals surface area (Å²) in [7, 11) is 0. The fourth-order valence-corrected chi connectivity index (χ4v) is 0.518. The quantitative estimate of drug-likeness (QED) is 0.492. The number of unbranched alkanes of at least 4 members (excludes halogenated alkanes) is 2. The molecule has 72 valence electrons. The molecule has 0 aliphatic carbocycles. The average molecular weight is 173 g/mol. The van der Waals surface area contributed by atoms with E-state index in [-0.39, 0.29) is 6.42 Å². The summed E-state index contributed by atoms with van der Waals surface area (Å²) >= 11 is 0. The van der Waals surface area contributed by atoms with Gasteiger partial charge in [0.1, 0.15) is 0 Å².